The number of nitrogens with one attached hydrogen (secondary N) is 1. The van der Waals surface area contributed by atoms with Crippen LogP contribution in [0, 0.1) is 5.92 Å². The van der Waals surface area contributed by atoms with Gasteiger partial charge in [-0.2, -0.15) is 0 Å². The van der Waals surface area contributed by atoms with Crippen LogP contribution in [-0.2, 0) is 16.0 Å². The van der Waals surface area contributed by atoms with Gasteiger partial charge >= 0.3 is 5.97 Å². The first-order valence-electron chi connectivity index (χ1n) is 8.02. The quantitative estimate of drug-likeness (QED) is 0.810. The maximum atomic E-state index is 12.5. The largest absolute Gasteiger partial charge is 0.478 e. The second kappa shape index (κ2) is 7.25. The number of carbonyl (C=O) groups is 3. The molecule has 0 spiro atoms. The SMILES string of the molecule is O=C(O)c1ccc(CC(=O)N2CSCC2C(=O)NCC2CC2)cc1. The van der Waals surface area contributed by atoms with E-state index in [2.05, 4.69) is 5.32 Å². The smallest absolute Gasteiger partial charge is 0.335 e. The molecular weight excluding hydrogens is 328 g/mol. The minimum atomic E-state index is -0.990. The lowest BCUT2D eigenvalue weighted by atomic mass is 10.1. The van der Waals surface area contributed by atoms with Crippen LogP contribution in [-0.4, -0.2) is 52.0 Å². The van der Waals surface area contributed by atoms with Crippen LogP contribution in [0.5, 0.6) is 0 Å². The molecule has 1 atom stereocenters. The van der Waals surface area contributed by atoms with E-state index in [4.69, 9.17) is 5.11 Å². The van der Waals surface area contributed by atoms with E-state index in [0.717, 1.165) is 5.56 Å². The van der Waals surface area contributed by atoms with Crippen LogP contribution in [0.3, 0.4) is 0 Å². The molecule has 1 unspecified atom stereocenters. The van der Waals surface area contributed by atoms with Crippen LogP contribution in [0.2, 0.25) is 0 Å². The Hall–Kier alpha value is -2.02. The number of carbonyl (C=O) groups excluding carboxylic acids is 2. The van der Waals surface area contributed by atoms with E-state index in [-0.39, 0.29) is 23.8 Å². The van der Waals surface area contributed by atoms with Crippen LogP contribution in [0.25, 0.3) is 0 Å². The van der Waals surface area contributed by atoms with E-state index in [1.54, 1.807) is 28.8 Å². The summed E-state index contributed by atoms with van der Waals surface area (Å²) >= 11 is 1.58. The molecule has 1 heterocycles. The number of carboxylic acids is 1. The summed E-state index contributed by atoms with van der Waals surface area (Å²) in [5, 5.41) is 11.8. The van der Waals surface area contributed by atoms with Crippen LogP contribution in [0.1, 0.15) is 28.8 Å². The summed E-state index contributed by atoms with van der Waals surface area (Å²) in [5.41, 5.74) is 0.944. The van der Waals surface area contributed by atoms with Gasteiger partial charge in [-0.05, 0) is 36.5 Å². The van der Waals surface area contributed by atoms with Gasteiger partial charge in [-0.25, -0.2) is 4.79 Å². The zero-order valence-corrected chi connectivity index (χ0v) is 14.1. The maximum absolute atomic E-state index is 12.5. The number of thioether (sulfide) groups is 1. The average molecular weight is 348 g/mol. The van der Waals surface area contributed by atoms with Gasteiger partial charge in [0.15, 0.2) is 0 Å². The number of hydrogen-bond donors (Lipinski definition) is 2. The zero-order valence-electron chi connectivity index (χ0n) is 13.2. The number of aromatic carboxylic acids is 1. The Morgan fingerprint density at radius 1 is 1.21 bits per heavy atom. The highest BCUT2D eigenvalue weighted by Gasteiger charge is 2.35. The highest BCUT2D eigenvalue weighted by atomic mass is 32.2. The predicted octanol–water partition coefficient (Wildman–Crippen LogP) is 1.35. The molecule has 128 valence electrons. The van der Waals surface area contributed by atoms with E-state index in [1.807, 2.05) is 0 Å². The molecule has 1 aromatic carbocycles. The van der Waals surface area contributed by atoms with Crippen molar-refractivity contribution in [3.05, 3.63) is 35.4 Å². The molecular formula is C17H20N2O4S. The third-order valence-electron chi connectivity index (χ3n) is 4.32. The predicted molar refractivity (Wildman–Crippen MR) is 90.8 cm³/mol. The van der Waals surface area contributed by atoms with Gasteiger partial charge in [-0.15, -0.1) is 11.8 Å². The second-order valence-corrected chi connectivity index (χ2v) is 7.25. The molecule has 2 amide bonds. The van der Waals surface area contributed by atoms with Gasteiger partial charge in [0.2, 0.25) is 11.8 Å². The van der Waals surface area contributed by atoms with E-state index in [1.165, 1.54) is 25.0 Å². The van der Waals surface area contributed by atoms with Gasteiger partial charge < -0.3 is 15.3 Å². The molecule has 2 fully saturated rings. The number of rotatable bonds is 6. The summed E-state index contributed by atoms with van der Waals surface area (Å²) in [6.07, 6.45) is 2.52. The fourth-order valence-electron chi connectivity index (χ4n) is 2.63. The molecule has 1 saturated carbocycles. The maximum Gasteiger partial charge on any atom is 0.335 e. The third-order valence-corrected chi connectivity index (χ3v) is 5.34. The van der Waals surface area contributed by atoms with Crippen molar-refractivity contribution in [2.24, 2.45) is 5.92 Å². The molecule has 7 heteroatoms. The van der Waals surface area contributed by atoms with Gasteiger partial charge in [0.1, 0.15) is 6.04 Å². The number of nitrogens with zero attached hydrogens (tertiary/aromatic N) is 1. The molecule has 0 radical (unpaired) electrons. The number of amides is 2. The summed E-state index contributed by atoms with van der Waals surface area (Å²) < 4.78 is 0. The highest BCUT2D eigenvalue weighted by Crippen LogP contribution is 2.28. The average Bonchev–Trinajstić information content (AvgIpc) is 3.26. The topological polar surface area (TPSA) is 86.7 Å². The fraction of sp³-hybridized carbons (Fsp3) is 0.471. The molecule has 1 aliphatic heterocycles. The van der Waals surface area contributed by atoms with Crippen molar-refractivity contribution in [3.8, 4) is 0 Å². The lowest BCUT2D eigenvalue weighted by molar-refractivity contribution is -0.137. The van der Waals surface area contributed by atoms with Crippen LogP contribution in [0.15, 0.2) is 24.3 Å². The Kier molecular flexibility index (Phi) is 5.08. The summed E-state index contributed by atoms with van der Waals surface area (Å²) in [4.78, 5) is 37.3. The van der Waals surface area contributed by atoms with E-state index < -0.39 is 12.0 Å². The second-order valence-electron chi connectivity index (χ2n) is 6.25. The van der Waals surface area contributed by atoms with Crippen molar-refractivity contribution in [1.29, 1.82) is 0 Å². The monoisotopic (exact) mass is 348 g/mol. The molecule has 1 saturated heterocycles. The minimum Gasteiger partial charge on any atom is -0.478 e. The molecule has 1 aromatic rings. The Labute approximate surface area is 144 Å². The molecule has 0 bridgehead atoms. The molecule has 3 rings (SSSR count). The van der Waals surface area contributed by atoms with E-state index >= 15 is 0 Å². The van der Waals surface area contributed by atoms with Crippen LogP contribution in [0.4, 0.5) is 0 Å². The van der Waals surface area contributed by atoms with Gasteiger partial charge in [0.25, 0.3) is 0 Å². The highest BCUT2D eigenvalue weighted by molar-refractivity contribution is 7.99. The first-order chi connectivity index (χ1) is 11.5. The number of benzene rings is 1. The Morgan fingerprint density at radius 3 is 2.54 bits per heavy atom. The Bertz CT molecular complexity index is 642. The van der Waals surface area contributed by atoms with E-state index in [0.29, 0.717) is 24.1 Å². The Morgan fingerprint density at radius 2 is 1.92 bits per heavy atom. The summed E-state index contributed by atoms with van der Waals surface area (Å²) in [7, 11) is 0. The third kappa shape index (κ3) is 4.08. The summed E-state index contributed by atoms with van der Waals surface area (Å²) in [5.74, 6) is 0.598. The molecule has 6 nitrogen and oxygen atoms in total. The summed E-state index contributed by atoms with van der Waals surface area (Å²) in [6.45, 7) is 0.707. The summed E-state index contributed by atoms with van der Waals surface area (Å²) in [6, 6.07) is 5.87. The molecule has 2 aliphatic rings. The zero-order chi connectivity index (χ0) is 17.1. The standard InChI is InChI=1S/C17H20N2O4S/c20-15(7-11-3-5-13(6-4-11)17(22)23)19-10-24-9-14(19)16(21)18-8-12-1-2-12/h3-6,12,14H,1-2,7-10H2,(H,18,21)(H,22,23). The lowest BCUT2D eigenvalue weighted by Crippen LogP contribution is -2.48. The van der Waals surface area contributed by atoms with Gasteiger partial charge in [-0.1, -0.05) is 12.1 Å². The van der Waals surface area contributed by atoms with Crippen molar-refractivity contribution in [2.45, 2.75) is 25.3 Å². The molecule has 1 aliphatic carbocycles. The van der Waals surface area contributed by atoms with E-state index in [9.17, 15) is 14.4 Å². The van der Waals surface area contributed by atoms with Gasteiger partial charge in [-0.3, -0.25) is 9.59 Å². The van der Waals surface area contributed by atoms with Crippen molar-refractivity contribution >= 4 is 29.5 Å². The molecule has 0 aromatic heterocycles. The first-order valence-corrected chi connectivity index (χ1v) is 9.17. The van der Waals surface area contributed by atoms with Gasteiger partial charge in [0, 0.05) is 12.3 Å². The van der Waals surface area contributed by atoms with Crippen LogP contribution < -0.4 is 5.32 Å². The minimum absolute atomic E-state index is 0.0681. The van der Waals surface area contributed by atoms with Gasteiger partial charge in [0.05, 0.1) is 17.9 Å². The normalized spacial score (nSPS) is 20.0. The fourth-order valence-corrected chi connectivity index (χ4v) is 3.81. The Balaban J connectivity index is 1.58. The molecule has 24 heavy (non-hydrogen) atoms. The van der Waals surface area contributed by atoms with Crippen molar-refractivity contribution < 1.29 is 19.5 Å². The van der Waals surface area contributed by atoms with Crippen molar-refractivity contribution in [1.82, 2.24) is 10.2 Å². The lowest BCUT2D eigenvalue weighted by Gasteiger charge is -2.23. The number of hydrogen-bond acceptors (Lipinski definition) is 4. The van der Waals surface area contributed by atoms with Crippen molar-refractivity contribution in [2.75, 3.05) is 18.2 Å². The van der Waals surface area contributed by atoms with Crippen molar-refractivity contribution in [3.63, 3.8) is 0 Å². The number of carboxylic acid groups (broad SMARTS) is 1. The molecule has 2 N–H and O–H groups in total. The van der Waals surface area contributed by atoms with Crippen LogP contribution >= 0.6 is 11.8 Å². The first kappa shape index (κ1) is 16.8.